The van der Waals surface area contributed by atoms with Crippen molar-refractivity contribution in [3.8, 4) is 0 Å². The van der Waals surface area contributed by atoms with Gasteiger partial charge >= 0.3 is 0 Å². The van der Waals surface area contributed by atoms with Crippen LogP contribution in [0, 0.1) is 6.92 Å². The lowest BCUT2D eigenvalue weighted by atomic mass is 9.97. The first-order chi connectivity index (χ1) is 16.8. The highest BCUT2D eigenvalue weighted by Crippen LogP contribution is 2.28. The summed E-state index contributed by atoms with van der Waals surface area (Å²) in [7, 11) is 1.73. The summed E-state index contributed by atoms with van der Waals surface area (Å²) in [6, 6.07) is 15.3. The van der Waals surface area contributed by atoms with Crippen LogP contribution in [-0.2, 0) is 23.1 Å². The van der Waals surface area contributed by atoms with Gasteiger partial charge in [0.25, 0.3) is 5.91 Å². The number of hydrogen-bond acceptors (Lipinski definition) is 4. The number of nitrogens with zero attached hydrogens (tertiary/aromatic N) is 3. The molecule has 0 aliphatic carbocycles. The van der Waals surface area contributed by atoms with Crippen LogP contribution in [0.2, 0.25) is 5.02 Å². The van der Waals surface area contributed by atoms with Crippen molar-refractivity contribution in [2.75, 3.05) is 16.8 Å². The minimum atomic E-state index is -0.820. The molecule has 9 nitrogen and oxygen atoms in total. The van der Waals surface area contributed by atoms with Crippen molar-refractivity contribution in [2.45, 2.75) is 19.4 Å². The Hall–Kier alpha value is -4.11. The third kappa shape index (κ3) is 4.50. The van der Waals surface area contributed by atoms with Gasteiger partial charge in [0.15, 0.2) is 0 Å². The summed E-state index contributed by atoms with van der Waals surface area (Å²) < 4.78 is 1.57. The highest BCUT2D eigenvalue weighted by atomic mass is 35.5. The summed E-state index contributed by atoms with van der Waals surface area (Å²) in [4.78, 5) is 43.7. The first-order valence-corrected chi connectivity index (χ1v) is 11.4. The van der Waals surface area contributed by atoms with Gasteiger partial charge in [0.2, 0.25) is 11.8 Å². The fourth-order valence-electron chi connectivity index (χ4n) is 4.35. The molecule has 178 valence electrons. The number of hydrogen-bond donors (Lipinski definition) is 3. The number of amides is 3. The third-order valence-corrected chi connectivity index (χ3v) is 6.21. The molecule has 5 rings (SSSR count). The molecule has 0 saturated heterocycles. The minimum absolute atomic E-state index is 0.197. The zero-order valence-electron chi connectivity index (χ0n) is 19.1. The maximum absolute atomic E-state index is 13.4. The number of nitrogens with one attached hydrogen (secondary N) is 3. The number of fused-ring (bicyclic) bond motifs is 2. The van der Waals surface area contributed by atoms with E-state index >= 15 is 0 Å². The largest absolute Gasteiger partial charge is 0.351 e. The van der Waals surface area contributed by atoms with Gasteiger partial charge < -0.3 is 20.5 Å². The topological polar surface area (TPSA) is 112 Å². The average Bonchev–Trinajstić information content (AvgIpc) is 3.38. The molecule has 1 aliphatic rings. The number of carbonyl (C=O) groups is 3. The van der Waals surface area contributed by atoms with Crippen LogP contribution >= 0.6 is 11.6 Å². The van der Waals surface area contributed by atoms with Crippen LogP contribution < -0.4 is 15.5 Å². The van der Waals surface area contributed by atoms with Gasteiger partial charge in [-0.2, -0.15) is 5.10 Å². The molecule has 3 N–H and O–H groups in total. The molecule has 3 heterocycles. The van der Waals surface area contributed by atoms with Crippen molar-refractivity contribution in [2.24, 2.45) is 7.05 Å². The van der Waals surface area contributed by atoms with Crippen molar-refractivity contribution in [1.82, 2.24) is 20.1 Å². The van der Waals surface area contributed by atoms with E-state index in [0.717, 1.165) is 22.2 Å². The van der Waals surface area contributed by atoms with E-state index in [1.807, 2.05) is 25.1 Å². The van der Waals surface area contributed by atoms with E-state index in [9.17, 15) is 14.4 Å². The SMILES string of the molecule is Cc1cc(NC(=O)CN2C(=O)C(NC(=O)c3cc4cc(Cl)ccc4[nH]3)Cc3ccccc32)n(C)n1. The van der Waals surface area contributed by atoms with E-state index in [-0.39, 0.29) is 18.4 Å². The minimum Gasteiger partial charge on any atom is -0.351 e. The quantitative estimate of drug-likeness (QED) is 0.399. The molecule has 1 atom stereocenters. The fraction of sp³-hybridized carbons (Fsp3) is 0.200. The predicted molar refractivity (Wildman–Crippen MR) is 134 cm³/mol. The summed E-state index contributed by atoms with van der Waals surface area (Å²) in [6.07, 6.45) is 0.325. The number of aryl methyl sites for hydroxylation is 2. The molecular formula is C25H23ClN6O3. The van der Waals surface area contributed by atoms with Gasteiger partial charge in [-0.25, -0.2) is 0 Å². The molecule has 10 heteroatoms. The Bertz CT molecular complexity index is 1470. The smallest absolute Gasteiger partial charge is 0.268 e. The number of aromatic amines is 1. The van der Waals surface area contributed by atoms with Crippen molar-refractivity contribution in [3.63, 3.8) is 0 Å². The van der Waals surface area contributed by atoms with Crippen LogP contribution in [0.5, 0.6) is 0 Å². The maximum Gasteiger partial charge on any atom is 0.268 e. The molecule has 1 aliphatic heterocycles. The number of halogens is 1. The Morgan fingerprint density at radius 2 is 1.97 bits per heavy atom. The zero-order valence-corrected chi connectivity index (χ0v) is 19.9. The Kier molecular flexibility index (Phi) is 5.78. The maximum atomic E-state index is 13.4. The summed E-state index contributed by atoms with van der Waals surface area (Å²) in [5.74, 6) is -0.595. The molecule has 0 saturated carbocycles. The second kappa shape index (κ2) is 8.92. The Labute approximate surface area is 206 Å². The summed E-state index contributed by atoms with van der Waals surface area (Å²) >= 11 is 6.05. The molecule has 0 bridgehead atoms. The molecule has 0 radical (unpaired) electrons. The molecular weight excluding hydrogens is 468 g/mol. The van der Waals surface area contributed by atoms with E-state index in [1.165, 1.54) is 4.90 Å². The predicted octanol–water partition coefficient (Wildman–Crippen LogP) is 3.19. The van der Waals surface area contributed by atoms with E-state index in [0.29, 0.717) is 28.6 Å². The van der Waals surface area contributed by atoms with E-state index < -0.39 is 11.9 Å². The Morgan fingerprint density at radius 1 is 1.17 bits per heavy atom. The molecule has 1 unspecified atom stereocenters. The molecule has 0 spiro atoms. The van der Waals surface area contributed by atoms with Crippen molar-refractivity contribution < 1.29 is 14.4 Å². The first kappa shape index (κ1) is 22.7. The van der Waals surface area contributed by atoms with Gasteiger partial charge in [0, 0.05) is 41.1 Å². The van der Waals surface area contributed by atoms with Crippen LogP contribution in [0.1, 0.15) is 21.7 Å². The second-order valence-corrected chi connectivity index (χ2v) is 8.98. The van der Waals surface area contributed by atoms with E-state index in [2.05, 4.69) is 20.7 Å². The highest BCUT2D eigenvalue weighted by Gasteiger charge is 2.35. The van der Waals surface area contributed by atoms with Crippen molar-refractivity contribution in [1.29, 1.82) is 0 Å². The highest BCUT2D eigenvalue weighted by molar-refractivity contribution is 6.31. The van der Waals surface area contributed by atoms with Crippen LogP contribution in [-0.4, -0.2) is 45.1 Å². The van der Waals surface area contributed by atoms with Gasteiger partial charge in [-0.1, -0.05) is 29.8 Å². The van der Waals surface area contributed by atoms with Crippen LogP contribution in [0.15, 0.2) is 54.6 Å². The lowest BCUT2D eigenvalue weighted by Gasteiger charge is -2.34. The lowest BCUT2D eigenvalue weighted by Crippen LogP contribution is -2.54. The third-order valence-electron chi connectivity index (χ3n) is 5.97. The summed E-state index contributed by atoms with van der Waals surface area (Å²) in [6.45, 7) is 1.63. The number of para-hydroxylation sites is 1. The Morgan fingerprint density at radius 3 is 2.74 bits per heavy atom. The number of carbonyl (C=O) groups excluding carboxylic acids is 3. The standard InChI is InChI=1S/C25H23ClN6O3/c1-14-9-22(31(2)30-14)29-23(33)13-32-21-6-4-3-5-15(21)11-20(25(32)35)28-24(34)19-12-16-10-17(26)7-8-18(16)27-19/h3-10,12,20,27H,11,13H2,1-2H3,(H,28,34)(H,29,33). The lowest BCUT2D eigenvalue weighted by molar-refractivity contribution is -0.123. The van der Waals surface area contributed by atoms with Crippen LogP contribution in [0.25, 0.3) is 10.9 Å². The van der Waals surface area contributed by atoms with Gasteiger partial charge in [-0.05, 0) is 42.8 Å². The molecule has 4 aromatic rings. The zero-order chi connectivity index (χ0) is 24.7. The number of aromatic nitrogens is 3. The monoisotopic (exact) mass is 490 g/mol. The van der Waals surface area contributed by atoms with Crippen LogP contribution in [0.4, 0.5) is 11.5 Å². The van der Waals surface area contributed by atoms with Crippen molar-refractivity contribution >= 4 is 51.7 Å². The fourth-order valence-corrected chi connectivity index (χ4v) is 4.53. The normalized spacial score (nSPS) is 15.2. The molecule has 3 amide bonds. The second-order valence-electron chi connectivity index (χ2n) is 8.54. The molecule has 2 aromatic heterocycles. The van der Waals surface area contributed by atoms with Gasteiger partial charge in [-0.3, -0.25) is 19.1 Å². The average molecular weight is 491 g/mol. The van der Waals surface area contributed by atoms with Crippen LogP contribution in [0.3, 0.4) is 0 Å². The van der Waals surface area contributed by atoms with Gasteiger partial charge in [-0.15, -0.1) is 0 Å². The molecule has 2 aromatic carbocycles. The molecule has 0 fully saturated rings. The van der Waals surface area contributed by atoms with Gasteiger partial charge in [0.1, 0.15) is 24.1 Å². The number of anilines is 2. The van der Waals surface area contributed by atoms with E-state index in [1.54, 1.807) is 48.1 Å². The van der Waals surface area contributed by atoms with E-state index in [4.69, 9.17) is 11.6 Å². The Balaban J connectivity index is 1.36. The van der Waals surface area contributed by atoms with Gasteiger partial charge in [0.05, 0.1) is 5.69 Å². The number of benzene rings is 2. The summed E-state index contributed by atoms with van der Waals surface area (Å²) in [5.41, 5.74) is 3.38. The number of H-pyrrole nitrogens is 1. The molecule has 35 heavy (non-hydrogen) atoms. The summed E-state index contributed by atoms with van der Waals surface area (Å²) in [5, 5.41) is 11.2. The number of rotatable bonds is 5. The first-order valence-electron chi connectivity index (χ1n) is 11.1. The van der Waals surface area contributed by atoms with Crippen molar-refractivity contribution in [3.05, 3.63) is 76.6 Å².